The number of nitrogens with zero attached hydrogens (tertiary/aromatic N) is 2. The molecule has 0 radical (unpaired) electrons. The SMILES string of the molecule is Nc1c(-c2ccc(Cl)cc2Br)nc2c(Cl)cc(Cl)cn12. The van der Waals surface area contributed by atoms with Crippen molar-refractivity contribution in [1.29, 1.82) is 0 Å². The van der Waals surface area contributed by atoms with Gasteiger partial charge in [-0.15, -0.1) is 0 Å². The molecule has 0 unspecified atom stereocenters. The highest BCUT2D eigenvalue weighted by Crippen LogP contribution is 2.35. The number of hydrogen-bond donors (Lipinski definition) is 1. The first-order chi connectivity index (χ1) is 9.47. The van der Waals surface area contributed by atoms with E-state index in [0.29, 0.717) is 32.2 Å². The zero-order valence-electron chi connectivity index (χ0n) is 9.87. The number of nitrogens with two attached hydrogens (primary N) is 1. The van der Waals surface area contributed by atoms with Crippen molar-refractivity contribution in [2.75, 3.05) is 5.73 Å². The number of benzene rings is 1. The zero-order chi connectivity index (χ0) is 14.4. The number of nitrogen functional groups attached to an aromatic ring is 1. The van der Waals surface area contributed by atoms with Crippen molar-refractivity contribution in [2.24, 2.45) is 0 Å². The van der Waals surface area contributed by atoms with Gasteiger partial charge in [0.15, 0.2) is 5.65 Å². The summed E-state index contributed by atoms with van der Waals surface area (Å²) in [5.41, 5.74) is 8.16. The Bertz CT molecular complexity index is 829. The van der Waals surface area contributed by atoms with Crippen LogP contribution in [-0.2, 0) is 0 Å². The van der Waals surface area contributed by atoms with Crippen LogP contribution in [0.2, 0.25) is 15.1 Å². The molecule has 0 spiro atoms. The van der Waals surface area contributed by atoms with Crippen LogP contribution in [0.25, 0.3) is 16.9 Å². The number of fused-ring (bicyclic) bond motifs is 1. The lowest BCUT2D eigenvalue weighted by atomic mass is 10.1. The Kier molecular flexibility index (Phi) is 3.58. The maximum atomic E-state index is 6.15. The monoisotopic (exact) mass is 389 g/mol. The van der Waals surface area contributed by atoms with Gasteiger partial charge in [-0.25, -0.2) is 4.98 Å². The Balaban J connectivity index is 2.32. The normalized spacial score (nSPS) is 11.2. The second-order valence-electron chi connectivity index (χ2n) is 4.17. The molecule has 7 heteroatoms. The highest BCUT2D eigenvalue weighted by molar-refractivity contribution is 9.10. The number of rotatable bonds is 1. The van der Waals surface area contributed by atoms with Crippen LogP contribution in [0.1, 0.15) is 0 Å². The number of pyridine rings is 1. The zero-order valence-corrected chi connectivity index (χ0v) is 13.7. The van der Waals surface area contributed by atoms with Crippen molar-refractivity contribution in [2.45, 2.75) is 0 Å². The van der Waals surface area contributed by atoms with E-state index in [2.05, 4.69) is 20.9 Å². The molecule has 0 fully saturated rings. The second kappa shape index (κ2) is 5.11. The van der Waals surface area contributed by atoms with E-state index in [1.807, 2.05) is 6.07 Å². The molecule has 0 aliphatic carbocycles. The molecule has 0 saturated carbocycles. The summed E-state index contributed by atoms with van der Waals surface area (Å²) >= 11 is 21.5. The molecule has 0 amide bonds. The molecule has 3 rings (SSSR count). The molecular weight excluding hydrogens is 384 g/mol. The van der Waals surface area contributed by atoms with E-state index in [1.165, 1.54) is 0 Å². The van der Waals surface area contributed by atoms with Crippen LogP contribution in [-0.4, -0.2) is 9.38 Å². The van der Waals surface area contributed by atoms with Gasteiger partial charge >= 0.3 is 0 Å². The van der Waals surface area contributed by atoms with Crippen molar-refractivity contribution in [3.8, 4) is 11.3 Å². The molecule has 0 atom stereocenters. The lowest BCUT2D eigenvalue weighted by Gasteiger charge is -2.03. The molecule has 20 heavy (non-hydrogen) atoms. The summed E-state index contributed by atoms with van der Waals surface area (Å²) < 4.78 is 2.48. The highest BCUT2D eigenvalue weighted by Gasteiger charge is 2.16. The van der Waals surface area contributed by atoms with Crippen LogP contribution in [0.3, 0.4) is 0 Å². The molecule has 0 aliphatic rings. The van der Waals surface area contributed by atoms with Crippen molar-refractivity contribution in [1.82, 2.24) is 9.38 Å². The first-order valence-corrected chi connectivity index (χ1v) is 7.48. The Morgan fingerprint density at radius 2 is 1.85 bits per heavy atom. The largest absolute Gasteiger partial charge is 0.383 e. The van der Waals surface area contributed by atoms with E-state index in [4.69, 9.17) is 40.5 Å². The van der Waals surface area contributed by atoms with Crippen LogP contribution in [0.5, 0.6) is 0 Å². The quantitative estimate of drug-likeness (QED) is 0.611. The Labute approximate surface area is 138 Å². The van der Waals surface area contributed by atoms with Gasteiger partial charge in [0.1, 0.15) is 11.5 Å². The summed E-state index contributed by atoms with van der Waals surface area (Å²) in [6, 6.07) is 7.04. The summed E-state index contributed by atoms with van der Waals surface area (Å²) in [5.74, 6) is 0.465. The van der Waals surface area contributed by atoms with Crippen LogP contribution in [0.15, 0.2) is 34.9 Å². The van der Waals surface area contributed by atoms with E-state index in [-0.39, 0.29) is 0 Å². The predicted molar refractivity (Wildman–Crippen MR) is 87.8 cm³/mol. The lowest BCUT2D eigenvalue weighted by molar-refractivity contribution is 1.20. The molecule has 1 aromatic carbocycles. The molecule has 3 aromatic rings. The summed E-state index contributed by atoms with van der Waals surface area (Å²) in [5, 5.41) is 1.57. The third-order valence-electron chi connectivity index (χ3n) is 2.86. The first kappa shape index (κ1) is 14.0. The summed E-state index contributed by atoms with van der Waals surface area (Å²) in [7, 11) is 0. The fourth-order valence-corrected chi connectivity index (χ4v) is 3.35. The third-order valence-corrected chi connectivity index (χ3v) is 4.24. The molecule has 0 aliphatic heterocycles. The number of aromatic nitrogens is 2. The van der Waals surface area contributed by atoms with E-state index >= 15 is 0 Å². The van der Waals surface area contributed by atoms with E-state index in [1.54, 1.807) is 28.8 Å². The van der Waals surface area contributed by atoms with E-state index in [9.17, 15) is 0 Å². The summed E-state index contributed by atoms with van der Waals surface area (Å²) in [4.78, 5) is 4.49. The molecule has 0 saturated heterocycles. The van der Waals surface area contributed by atoms with Crippen molar-refractivity contribution in [3.63, 3.8) is 0 Å². The van der Waals surface area contributed by atoms with Gasteiger partial charge < -0.3 is 5.73 Å². The topological polar surface area (TPSA) is 43.3 Å². The molecule has 2 N–H and O–H groups in total. The van der Waals surface area contributed by atoms with Crippen molar-refractivity contribution in [3.05, 3.63) is 50.0 Å². The lowest BCUT2D eigenvalue weighted by Crippen LogP contribution is -1.94. The van der Waals surface area contributed by atoms with E-state index < -0.39 is 0 Å². The van der Waals surface area contributed by atoms with E-state index in [0.717, 1.165) is 10.0 Å². The van der Waals surface area contributed by atoms with Gasteiger partial charge in [0.25, 0.3) is 0 Å². The highest BCUT2D eigenvalue weighted by atomic mass is 79.9. The third kappa shape index (κ3) is 2.27. The van der Waals surface area contributed by atoms with Crippen molar-refractivity contribution < 1.29 is 0 Å². The van der Waals surface area contributed by atoms with Crippen LogP contribution >= 0.6 is 50.7 Å². The Hall–Kier alpha value is -0.940. The smallest absolute Gasteiger partial charge is 0.158 e. The first-order valence-electron chi connectivity index (χ1n) is 5.55. The number of imidazole rings is 1. The molecule has 2 heterocycles. The van der Waals surface area contributed by atoms with Gasteiger partial charge in [-0.2, -0.15) is 0 Å². The predicted octanol–water partition coefficient (Wildman–Crippen LogP) is 5.31. The van der Waals surface area contributed by atoms with Gasteiger partial charge in [0.05, 0.1) is 10.0 Å². The molecule has 3 nitrogen and oxygen atoms in total. The fourth-order valence-electron chi connectivity index (χ4n) is 1.97. The van der Waals surface area contributed by atoms with Crippen molar-refractivity contribution >= 4 is 62.2 Å². The minimum Gasteiger partial charge on any atom is -0.383 e. The minimum atomic E-state index is 0.445. The van der Waals surface area contributed by atoms with Crippen LogP contribution in [0, 0.1) is 0 Å². The Morgan fingerprint density at radius 1 is 1.10 bits per heavy atom. The maximum Gasteiger partial charge on any atom is 0.158 e. The van der Waals surface area contributed by atoms with Crippen LogP contribution < -0.4 is 5.73 Å². The number of hydrogen-bond acceptors (Lipinski definition) is 2. The molecule has 102 valence electrons. The number of anilines is 1. The number of halogens is 4. The Morgan fingerprint density at radius 3 is 2.55 bits per heavy atom. The fraction of sp³-hybridized carbons (Fsp3) is 0. The summed E-state index contributed by atoms with van der Waals surface area (Å²) in [6.45, 7) is 0. The van der Waals surface area contributed by atoms with Gasteiger partial charge in [0, 0.05) is 21.3 Å². The minimum absolute atomic E-state index is 0.445. The maximum absolute atomic E-state index is 6.15. The van der Waals surface area contributed by atoms with Gasteiger partial charge in [0.2, 0.25) is 0 Å². The van der Waals surface area contributed by atoms with Crippen LogP contribution in [0.4, 0.5) is 5.82 Å². The summed E-state index contributed by atoms with van der Waals surface area (Å²) in [6.07, 6.45) is 1.68. The standard InChI is InChI=1S/C13H7BrCl3N3/c14-9-3-6(15)1-2-8(9)11-12(18)20-5-7(16)4-10(17)13(20)19-11/h1-5H,18H2. The second-order valence-corrected chi connectivity index (χ2v) is 6.30. The molecule has 2 aromatic heterocycles. The average Bonchev–Trinajstić information content (AvgIpc) is 2.68. The van der Waals surface area contributed by atoms with Gasteiger partial charge in [-0.3, -0.25) is 4.40 Å². The molecular formula is C13H7BrCl3N3. The van der Waals surface area contributed by atoms with Gasteiger partial charge in [-0.05, 0) is 18.2 Å². The van der Waals surface area contributed by atoms with Gasteiger partial charge in [-0.1, -0.05) is 56.8 Å². The average molecular weight is 391 g/mol. The molecule has 0 bridgehead atoms.